The molecule has 0 bridgehead atoms. The van der Waals surface area contributed by atoms with Crippen molar-refractivity contribution in [2.24, 2.45) is 0 Å². The van der Waals surface area contributed by atoms with Crippen LogP contribution in [0.3, 0.4) is 0 Å². The second kappa shape index (κ2) is 7.74. The lowest BCUT2D eigenvalue weighted by atomic mass is 10.1. The zero-order chi connectivity index (χ0) is 18.7. The minimum atomic E-state index is -0.284. The number of aromatic nitrogens is 2. The zero-order valence-corrected chi connectivity index (χ0v) is 15.5. The number of aryl methyl sites for hydroxylation is 2. The van der Waals surface area contributed by atoms with E-state index < -0.39 is 0 Å². The van der Waals surface area contributed by atoms with E-state index in [2.05, 4.69) is 15.5 Å². The number of carbonyl (C=O) groups is 1. The molecule has 0 spiro atoms. The van der Waals surface area contributed by atoms with E-state index in [0.29, 0.717) is 31.2 Å². The number of hydrogen-bond donors (Lipinski definition) is 1. The van der Waals surface area contributed by atoms with E-state index >= 15 is 0 Å². The number of carbonyl (C=O) groups excluding carboxylic acids is 1. The van der Waals surface area contributed by atoms with Crippen LogP contribution in [0.1, 0.15) is 35.3 Å². The molecule has 2 amide bonds. The highest BCUT2D eigenvalue weighted by Crippen LogP contribution is 2.32. The van der Waals surface area contributed by atoms with Crippen LogP contribution in [0.4, 0.5) is 4.79 Å². The zero-order valence-electron chi connectivity index (χ0n) is 15.5. The average molecular weight is 360 g/mol. The van der Waals surface area contributed by atoms with E-state index in [1.807, 2.05) is 25.1 Å². The molecule has 3 rings (SSSR count). The summed E-state index contributed by atoms with van der Waals surface area (Å²) in [5.41, 5.74) is 2.05. The fourth-order valence-corrected chi connectivity index (χ4v) is 3.20. The summed E-state index contributed by atoms with van der Waals surface area (Å²) in [6.07, 6.45) is 0.570. The topological polar surface area (TPSA) is 89.7 Å². The molecule has 2 heterocycles. The molecule has 0 saturated carbocycles. The Kier molecular flexibility index (Phi) is 5.41. The van der Waals surface area contributed by atoms with Crippen molar-refractivity contribution in [3.8, 4) is 5.75 Å². The molecular weight excluding hydrogens is 336 g/mol. The summed E-state index contributed by atoms with van der Waals surface area (Å²) < 4.78 is 16.0. The van der Waals surface area contributed by atoms with Crippen molar-refractivity contribution in [3.63, 3.8) is 0 Å². The summed E-state index contributed by atoms with van der Waals surface area (Å²) in [6, 6.07) is 5.40. The van der Waals surface area contributed by atoms with Crippen molar-refractivity contribution >= 4 is 6.03 Å². The van der Waals surface area contributed by atoms with E-state index in [4.69, 9.17) is 14.0 Å². The van der Waals surface area contributed by atoms with Crippen LogP contribution >= 0.6 is 0 Å². The van der Waals surface area contributed by atoms with Crippen LogP contribution in [0.15, 0.2) is 22.7 Å². The minimum Gasteiger partial charge on any atom is -0.497 e. The highest BCUT2D eigenvalue weighted by Gasteiger charge is 2.39. The Hall–Kier alpha value is -2.61. The standard InChI is InChI=1S/C18H24N4O4/c1-11-5-13(7-14(6-11)24-3)9-19-18(23)22-10-15(25-4)8-16(22)17-20-12(2)21-26-17/h5-7,15-16H,8-10H2,1-4H3,(H,19,23)/t15-,16+/m0/s1. The number of likely N-dealkylation sites (tertiary alicyclic amines) is 1. The highest BCUT2D eigenvalue weighted by molar-refractivity contribution is 5.75. The van der Waals surface area contributed by atoms with Crippen LogP contribution in [-0.4, -0.2) is 47.9 Å². The molecule has 1 aromatic heterocycles. The first-order chi connectivity index (χ1) is 12.5. The third kappa shape index (κ3) is 3.96. The minimum absolute atomic E-state index is 0.0583. The Morgan fingerprint density at radius 2 is 2.15 bits per heavy atom. The number of rotatable bonds is 5. The summed E-state index contributed by atoms with van der Waals surface area (Å²) >= 11 is 0. The maximum Gasteiger partial charge on any atom is 0.318 e. The van der Waals surface area contributed by atoms with E-state index in [1.165, 1.54) is 0 Å². The molecule has 0 unspecified atom stereocenters. The predicted octanol–water partition coefficient (Wildman–Crippen LogP) is 2.37. The van der Waals surface area contributed by atoms with Gasteiger partial charge in [0.1, 0.15) is 11.8 Å². The van der Waals surface area contributed by atoms with E-state index in [-0.39, 0.29) is 18.2 Å². The number of hydrogen-bond acceptors (Lipinski definition) is 6. The van der Waals surface area contributed by atoms with Crippen molar-refractivity contribution in [1.82, 2.24) is 20.4 Å². The van der Waals surface area contributed by atoms with Gasteiger partial charge in [-0.05, 0) is 37.1 Å². The first kappa shape index (κ1) is 18.2. The van der Waals surface area contributed by atoms with Crippen LogP contribution in [0, 0.1) is 13.8 Å². The molecule has 0 radical (unpaired) electrons. The molecule has 1 N–H and O–H groups in total. The molecule has 1 aliphatic heterocycles. The Labute approximate surface area is 152 Å². The van der Waals surface area contributed by atoms with Gasteiger partial charge in [0.25, 0.3) is 0 Å². The second-order valence-electron chi connectivity index (χ2n) is 6.46. The number of urea groups is 1. The monoisotopic (exact) mass is 360 g/mol. The lowest BCUT2D eigenvalue weighted by molar-refractivity contribution is 0.110. The molecule has 2 atom stereocenters. The molecule has 1 fully saturated rings. The average Bonchev–Trinajstić information content (AvgIpc) is 3.25. The van der Waals surface area contributed by atoms with Crippen molar-refractivity contribution in [2.45, 2.75) is 39.0 Å². The molecule has 140 valence electrons. The third-order valence-corrected chi connectivity index (χ3v) is 4.48. The molecule has 0 aliphatic carbocycles. The van der Waals surface area contributed by atoms with Gasteiger partial charge in [-0.15, -0.1) is 0 Å². The summed E-state index contributed by atoms with van der Waals surface area (Å²) in [5, 5.41) is 6.79. The Morgan fingerprint density at radius 1 is 1.35 bits per heavy atom. The molecule has 8 nitrogen and oxygen atoms in total. The number of nitrogens with one attached hydrogen (secondary N) is 1. The Balaban J connectivity index is 1.70. The number of benzene rings is 1. The number of amides is 2. The predicted molar refractivity (Wildman–Crippen MR) is 93.9 cm³/mol. The quantitative estimate of drug-likeness (QED) is 0.880. The molecule has 8 heteroatoms. The first-order valence-electron chi connectivity index (χ1n) is 8.52. The van der Waals surface area contributed by atoms with Crippen molar-refractivity contribution in [1.29, 1.82) is 0 Å². The number of ether oxygens (including phenoxy) is 2. The molecule has 1 saturated heterocycles. The SMILES string of the molecule is COc1cc(C)cc(CNC(=O)N2C[C@@H](OC)C[C@@H]2c2nc(C)no2)c1. The van der Waals surface area contributed by atoms with Crippen LogP contribution < -0.4 is 10.1 Å². The van der Waals surface area contributed by atoms with Gasteiger partial charge in [0.05, 0.1) is 13.2 Å². The van der Waals surface area contributed by atoms with Gasteiger partial charge in [-0.3, -0.25) is 0 Å². The van der Waals surface area contributed by atoms with Gasteiger partial charge in [0.15, 0.2) is 5.82 Å². The molecule has 2 aromatic rings. The highest BCUT2D eigenvalue weighted by atomic mass is 16.5. The number of methoxy groups -OCH3 is 2. The lowest BCUT2D eigenvalue weighted by Crippen LogP contribution is -2.40. The third-order valence-electron chi connectivity index (χ3n) is 4.48. The van der Waals surface area contributed by atoms with Crippen LogP contribution in [0.25, 0.3) is 0 Å². The summed E-state index contributed by atoms with van der Waals surface area (Å²) in [7, 11) is 3.27. The van der Waals surface area contributed by atoms with E-state index in [9.17, 15) is 4.79 Å². The van der Waals surface area contributed by atoms with Gasteiger partial charge >= 0.3 is 6.03 Å². The van der Waals surface area contributed by atoms with Crippen molar-refractivity contribution < 1.29 is 18.8 Å². The first-order valence-corrected chi connectivity index (χ1v) is 8.52. The maximum absolute atomic E-state index is 12.7. The lowest BCUT2D eigenvalue weighted by Gasteiger charge is -2.22. The fourth-order valence-electron chi connectivity index (χ4n) is 3.20. The smallest absolute Gasteiger partial charge is 0.318 e. The summed E-state index contributed by atoms with van der Waals surface area (Å²) in [5.74, 6) is 1.76. The van der Waals surface area contributed by atoms with Crippen LogP contribution in [0.5, 0.6) is 5.75 Å². The summed E-state index contributed by atoms with van der Waals surface area (Å²) in [6.45, 7) is 4.63. The van der Waals surface area contributed by atoms with Gasteiger partial charge in [-0.1, -0.05) is 11.2 Å². The van der Waals surface area contributed by atoms with E-state index in [0.717, 1.165) is 16.9 Å². The second-order valence-corrected chi connectivity index (χ2v) is 6.46. The summed E-state index contributed by atoms with van der Waals surface area (Å²) in [4.78, 5) is 18.7. The molecule has 1 aliphatic rings. The maximum atomic E-state index is 12.7. The number of nitrogens with zero attached hydrogens (tertiary/aromatic N) is 3. The Bertz CT molecular complexity index is 776. The largest absolute Gasteiger partial charge is 0.497 e. The van der Waals surface area contributed by atoms with Gasteiger partial charge in [-0.25, -0.2) is 4.79 Å². The van der Waals surface area contributed by atoms with Gasteiger partial charge in [0.2, 0.25) is 5.89 Å². The fraction of sp³-hybridized carbons (Fsp3) is 0.500. The normalized spacial score (nSPS) is 19.6. The van der Waals surface area contributed by atoms with Gasteiger partial charge < -0.3 is 24.2 Å². The molecule has 26 heavy (non-hydrogen) atoms. The van der Waals surface area contributed by atoms with Gasteiger partial charge in [-0.2, -0.15) is 4.98 Å². The van der Waals surface area contributed by atoms with Crippen molar-refractivity contribution in [3.05, 3.63) is 41.0 Å². The van der Waals surface area contributed by atoms with E-state index in [1.54, 1.807) is 26.0 Å². The molecular formula is C18H24N4O4. The van der Waals surface area contributed by atoms with Crippen molar-refractivity contribution in [2.75, 3.05) is 20.8 Å². The van der Waals surface area contributed by atoms with Crippen LogP contribution in [0.2, 0.25) is 0 Å². The van der Waals surface area contributed by atoms with Gasteiger partial charge in [0, 0.05) is 26.6 Å². The van der Waals surface area contributed by atoms with Crippen LogP contribution in [-0.2, 0) is 11.3 Å². The Morgan fingerprint density at radius 3 is 2.81 bits per heavy atom. The molecule has 1 aromatic carbocycles.